The van der Waals surface area contributed by atoms with E-state index in [2.05, 4.69) is 18.3 Å². The average Bonchev–Trinajstić information content (AvgIpc) is 3.16. The predicted molar refractivity (Wildman–Crippen MR) is 104 cm³/mol. The van der Waals surface area contributed by atoms with Crippen LogP contribution in [0.4, 0.5) is 0 Å². The molecular weight excluding hydrogens is 707 g/mol. The summed E-state index contributed by atoms with van der Waals surface area (Å²) in [5.41, 5.74) is -0.986. The first-order chi connectivity index (χ1) is 12.5. The van der Waals surface area contributed by atoms with E-state index in [9.17, 15) is 14.4 Å². The van der Waals surface area contributed by atoms with Crippen LogP contribution in [0.2, 0.25) is 0 Å². The summed E-state index contributed by atoms with van der Waals surface area (Å²) in [5.74, 6) is -0.834. The Bertz CT molecular complexity index is 635. The van der Waals surface area contributed by atoms with Crippen molar-refractivity contribution < 1.29 is 144 Å². The molecule has 6 nitrogen and oxygen atoms in total. The number of rotatable bonds is 1. The van der Waals surface area contributed by atoms with Crippen molar-refractivity contribution in [3.05, 3.63) is 32.9 Å². The van der Waals surface area contributed by atoms with Crippen molar-refractivity contribution in [2.24, 2.45) is 11.8 Å². The van der Waals surface area contributed by atoms with Gasteiger partial charge in [-0.05, 0) is 32.2 Å². The van der Waals surface area contributed by atoms with E-state index in [0.29, 0.717) is 19.4 Å². The Morgan fingerprint density at radius 2 is 2.03 bits per heavy atom. The van der Waals surface area contributed by atoms with E-state index in [4.69, 9.17) is 4.74 Å². The third-order valence-corrected chi connectivity index (χ3v) is 5.65. The van der Waals surface area contributed by atoms with Crippen LogP contribution < -0.4 is 56.7 Å². The molecule has 0 spiro atoms. The molecule has 10 heteroatoms. The number of hydrogen-bond donors (Lipinski definition) is 1. The van der Waals surface area contributed by atoms with Gasteiger partial charge in [0.2, 0.25) is 5.91 Å². The van der Waals surface area contributed by atoms with Crippen molar-refractivity contribution in [2.75, 3.05) is 13.7 Å². The van der Waals surface area contributed by atoms with Crippen molar-refractivity contribution in [1.82, 2.24) is 10.2 Å². The van der Waals surface area contributed by atoms with Crippen molar-refractivity contribution in [1.29, 1.82) is 0 Å². The van der Waals surface area contributed by atoms with Crippen LogP contribution in [0.25, 0.3) is 0 Å². The topological polar surface area (TPSA) is 75.7 Å². The van der Waals surface area contributed by atoms with Crippen molar-refractivity contribution in [2.45, 2.75) is 56.5 Å². The van der Waals surface area contributed by atoms with Crippen molar-refractivity contribution >= 4 is 17.8 Å². The Balaban J connectivity index is -0.000000653. The Labute approximate surface area is 282 Å². The number of nitrogens with zero attached hydrogens (tertiary/aromatic N) is 1. The maximum atomic E-state index is 12.9. The smallest absolute Gasteiger partial charge is 1.00 e. The van der Waals surface area contributed by atoms with Crippen LogP contribution in [-0.4, -0.2) is 47.9 Å². The standard InChI is InChI=1S/C20H28N2O4.CH3.K.V.W.Y.H/c1-14-11-16-18(24)21-20(19(25)26-2)12-15(20)9-7-5-3-4-6-8-10-17(23)22(16)13-14;;;;;;/h7,9-10,14-16H,1,3-6,8,11-13H2,2H3,(H,21,24);1H3;;;;;/q-2;-1;+1;;;;-1/b9-7-;;;;;;/t14-,15?,16+,20?;;;;;;/m1....../s1/i;;;;;;1+2. The Kier molecular flexibility index (Phi) is 21.2. The van der Waals surface area contributed by atoms with Gasteiger partial charge in [-0.1, -0.05) is 25.0 Å². The van der Waals surface area contributed by atoms with E-state index >= 15 is 0 Å². The van der Waals surface area contributed by atoms with E-state index in [1.54, 1.807) is 11.3 Å². The van der Waals surface area contributed by atoms with E-state index in [1.165, 1.54) is 7.11 Å². The molecule has 3 rings (SSSR count). The quantitative estimate of drug-likeness (QED) is 0.168. The normalized spacial score (nSPS) is 30.6. The number of methoxy groups -OCH3 is 1. The molecule has 168 valence electrons. The number of amides is 2. The molecule has 1 N–H and O–H groups in total. The number of carbonyl (C=O) groups is 3. The predicted octanol–water partition coefficient (Wildman–Crippen LogP) is -0.631. The minimum atomic E-state index is -0.986. The fraction of sp³-hybridized carbons (Fsp3) is 0.619. The SMILES string of the molecule is [3H-].[CH2-][C@@H]1C[C@H]2C(=O)NC3(C(=O)OC)CC3/C=C\CCCCC[CH-]C(=O)N2C1.[CH3-].[K+].[V].[W].[Y]. The maximum absolute atomic E-state index is 12.9. The number of esters is 1. The second-order valence-corrected chi connectivity index (χ2v) is 7.64. The fourth-order valence-corrected chi connectivity index (χ4v) is 4.04. The Morgan fingerprint density at radius 1 is 1.35 bits per heavy atom. The summed E-state index contributed by atoms with van der Waals surface area (Å²) >= 11 is 0. The molecule has 2 fully saturated rings. The summed E-state index contributed by atoms with van der Waals surface area (Å²) in [7, 11) is 1.34. The zero-order valence-corrected chi connectivity index (χ0v) is 29.1. The van der Waals surface area contributed by atoms with E-state index in [-0.39, 0.29) is 156 Å². The first-order valence-corrected chi connectivity index (χ1v) is 9.52. The summed E-state index contributed by atoms with van der Waals surface area (Å²) in [4.78, 5) is 39.4. The molecule has 1 saturated heterocycles. The van der Waals surface area contributed by atoms with Gasteiger partial charge in [0.1, 0.15) is 11.6 Å². The van der Waals surface area contributed by atoms with E-state index in [1.807, 2.05) is 6.08 Å². The number of fused-ring (bicyclic) bond motifs is 2. The summed E-state index contributed by atoms with van der Waals surface area (Å²) in [6.45, 7) is 4.50. The zero-order chi connectivity index (χ0) is 18.7. The van der Waals surface area contributed by atoms with E-state index < -0.39 is 17.6 Å². The number of carbonyl (C=O) groups excluding carboxylic acids is 3. The molecule has 1 saturated carbocycles. The molecule has 1 aliphatic carbocycles. The largest absolute Gasteiger partial charge is 1.00 e. The van der Waals surface area contributed by atoms with Gasteiger partial charge in [0.15, 0.2) is 0 Å². The Hall–Kier alpha value is 2.03. The third-order valence-electron chi connectivity index (χ3n) is 5.65. The molecule has 2 heterocycles. The second kappa shape index (κ2) is 17.5. The minimum absolute atomic E-state index is 0. The van der Waals surface area contributed by atoms with Crippen LogP contribution >= 0.6 is 0 Å². The number of hydrogen-bond acceptors (Lipinski definition) is 4. The monoisotopic (exact) mass is 741 g/mol. The molecule has 0 aromatic heterocycles. The van der Waals surface area contributed by atoms with Crippen molar-refractivity contribution in [3.8, 4) is 0 Å². The van der Waals surface area contributed by atoms with Gasteiger partial charge >= 0.3 is 57.4 Å². The van der Waals surface area contributed by atoms with Crippen LogP contribution in [0.1, 0.15) is 46.4 Å². The van der Waals surface area contributed by atoms with Crippen molar-refractivity contribution in [3.63, 3.8) is 0 Å². The maximum Gasteiger partial charge on any atom is 1.00 e. The summed E-state index contributed by atoms with van der Waals surface area (Å²) in [6.07, 6.45) is 11.6. The molecule has 4 atom stereocenters. The first-order valence-electron chi connectivity index (χ1n) is 9.52. The minimum Gasteiger partial charge on any atom is -1.00 e. The number of ether oxygens (including phenoxy) is 1. The molecule has 2 aliphatic heterocycles. The van der Waals surface area contributed by atoms with Gasteiger partial charge < -0.3 is 41.9 Å². The molecular formula is C21H32KN2O4VWY-3. The van der Waals surface area contributed by atoms with Gasteiger partial charge in [0, 0.05) is 78.2 Å². The van der Waals surface area contributed by atoms with Gasteiger partial charge in [-0.3, -0.25) is 4.79 Å². The summed E-state index contributed by atoms with van der Waals surface area (Å²) in [6, 6.07) is -0.571. The molecule has 0 bridgehead atoms. The van der Waals surface area contributed by atoms with Crippen LogP contribution in [0, 0.1) is 32.6 Å². The first kappa shape index (κ1) is 37.6. The van der Waals surface area contributed by atoms with Gasteiger partial charge in [0.25, 0.3) is 0 Å². The third kappa shape index (κ3) is 9.54. The molecule has 31 heavy (non-hydrogen) atoms. The van der Waals surface area contributed by atoms with Crippen LogP contribution in [-0.2, 0) is 91.5 Å². The molecule has 2 radical (unpaired) electrons. The van der Waals surface area contributed by atoms with Gasteiger partial charge in [0.05, 0.1) is 13.0 Å². The fourth-order valence-electron chi connectivity index (χ4n) is 4.04. The van der Waals surface area contributed by atoms with Crippen LogP contribution in [0.15, 0.2) is 12.2 Å². The zero-order valence-electron chi connectivity index (χ0n) is 19.8. The second-order valence-electron chi connectivity index (χ2n) is 7.64. The average molecular weight is 741 g/mol. The molecule has 3 aliphatic rings. The summed E-state index contributed by atoms with van der Waals surface area (Å²) < 4.78 is 4.94. The van der Waals surface area contributed by atoms with Gasteiger partial charge in [-0.15, -0.1) is 5.92 Å². The Morgan fingerprint density at radius 3 is 2.68 bits per heavy atom. The van der Waals surface area contributed by atoms with Gasteiger partial charge in [-0.2, -0.15) is 6.42 Å². The van der Waals surface area contributed by atoms with Crippen LogP contribution in [0.5, 0.6) is 0 Å². The summed E-state index contributed by atoms with van der Waals surface area (Å²) in [5, 5.41) is 2.90. The molecule has 2 unspecified atom stereocenters. The number of allylic oxidation sites excluding steroid dienone is 1. The number of nitrogens with one attached hydrogen (secondary N) is 1. The van der Waals surface area contributed by atoms with Crippen LogP contribution in [0.3, 0.4) is 0 Å². The molecule has 0 aromatic carbocycles. The molecule has 2 amide bonds. The molecule has 0 aromatic rings. The van der Waals surface area contributed by atoms with E-state index in [0.717, 1.165) is 32.1 Å². The van der Waals surface area contributed by atoms with Gasteiger partial charge in [-0.25, -0.2) is 4.79 Å².